The summed E-state index contributed by atoms with van der Waals surface area (Å²) in [5.74, 6) is 0. The summed E-state index contributed by atoms with van der Waals surface area (Å²) in [6, 6.07) is 0. The number of carboxylic acid groups (broad SMARTS) is 1. The summed E-state index contributed by atoms with van der Waals surface area (Å²) in [5, 5.41) is 46.3. The molecule has 0 aliphatic heterocycles. The highest BCUT2D eigenvalue weighted by atomic mass is 16.4. The highest BCUT2D eigenvalue weighted by Crippen LogP contribution is 2.03. The van der Waals surface area contributed by atoms with Crippen LogP contribution in [0.25, 0.3) is 0 Å². The molecule has 0 aliphatic carbocycles. The third kappa shape index (κ3) is 4.38. The van der Waals surface area contributed by atoms with Crippen molar-refractivity contribution in [1.29, 1.82) is 0 Å². The van der Waals surface area contributed by atoms with Gasteiger partial charge in [0.15, 0.2) is 0 Å². The maximum absolute atomic E-state index is 10.0. The Kier molecular flexibility index (Phi) is 5.39. The van der Waals surface area contributed by atoms with E-state index in [1.807, 2.05) is 5.32 Å². The topological polar surface area (TPSA) is 130 Å². The van der Waals surface area contributed by atoms with Crippen LogP contribution in [-0.4, -0.2) is 62.6 Å². The van der Waals surface area contributed by atoms with Gasteiger partial charge in [0.25, 0.3) is 0 Å². The molecule has 0 saturated carbocycles. The van der Waals surface area contributed by atoms with Crippen LogP contribution in [0.15, 0.2) is 0 Å². The molecule has 0 saturated heterocycles. The van der Waals surface area contributed by atoms with Crippen molar-refractivity contribution in [3.05, 3.63) is 0 Å². The molecule has 84 valence electrons. The molecular formula is C7H15NO6. The summed E-state index contributed by atoms with van der Waals surface area (Å²) >= 11 is 0. The second-order valence-corrected chi connectivity index (χ2v) is 2.98. The summed E-state index contributed by atoms with van der Waals surface area (Å²) in [7, 11) is 0. The van der Waals surface area contributed by atoms with Gasteiger partial charge in [0.05, 0.1) is 12.2 Å². The van der Waals surface area contributed by atoms with Gasteiger partial charge in [-0.3, -0.25) is 0 Å². The van der Waals surface area contributed by atoms with E-state index in [-0.39, 0.29) is 0 Å². The van der Waals surface area contributed by atoms with Crippen LogP contribution in [0, 0.1) is 0 Å². The average Bonchev–Trinajstić information content (AvgIpc) is 2.11. The van der Waals surface area contributed by atoms with Crippen LogP contribution >= 0.6 is 0 Å². The number of amides is 1. The zero-order valence-electron chi connectivity index (χ0n) is 7.66. The Labute approximate surface area is 80.6 Å². The standard InChI is InChI=1S/C7H15NO6/c1-3(9)5(11)6(12)4(10)2-8-7(13)14/h3-6,8-12H,2H2,1H3,(H,13,14)/t3-,4-,5-,6-/m0/s1. The number of hydrogen-bond donors (Lipinski definition) is 6. The zero-order valence-corrected chi connectivity index (χ0v) is 7.66. The van der Waals surface area contributed by atoms with E-state index in [0.29, 0.717) is 0 Å². The number of aliphatic hydroxyl groups excluding tert-OH is 4. The quantitative estimate of drug-likeness (QED) is 0.302. The predicted molar refractivity (Wildman–Crippen MR) is 45.7 cm³/mol. The number of aliphatic hydroxyl groups is 4. The van der Waals surface area contributed by atoms with E-state index >= 15 is 0 Å². The Bertz CT molecular complexity index is 185. The van der Waals surface area contributed by atoms with Gasteiger partial charge in [-0.05, 0) is 6.92 Å². The lowest BCUT2D eigenvalue weighted by atomic mass is 10.0. The second kappa shape index (κ2) is 5.76. The first-order chi connectivity index (χ1) is 6.36. The smallest absolute Gasteiger partial charge is 0.404 e. The van der Waals surface area contributed by atoms with Crippen LogP contribution < -0.4 is 5.32 Å². The molecule has 0 spiro atoms. The van der Waals surface area contributed by atoms with Gasteiger partial charge in [-0.1, -0.05) is 0 Å². The summed E-state index contributed by atoms with van der Waals surface area (Å²) in [5.41, 5.74) is 0. The lowest BCUT2D eigenvalue weighted by molar-refractivity contribution is -0.0982. The van der Waals surface area contributed by atoms with E-state index in [4.69, 9.17) is 20.4 Å². The number of nitrogens with one attached hydrogen (secondary N) is 1. The van der Waals surface area contributed by atoms with Crippen LogP contribution in [0.1, 0.15) is 6.92 Å². The Morgan fingerprint density at radius 2 is 1.71 bits per heavy atom. The van der Waals surface area contributed by atoms with Gasteiger partial charge in [0.2, 0.25) is 0 Å². The monoisotopic (exact) mass is 209 g/mol. The molecular weight excluding hydrogens is 194 g/mol. The summed E-state index contributed by atoms with van der Waals surface area (Å²) in [6.45, 7) is 0.825. The van der Waals surface area contributed by atoms with Gasteiger partial charge in [-0.2, -0.15) is 0 Å². The highest BCUT2D eigenvalue weighted by Gasteiger charge is 2.28. The van der Waals surface area contributed by atoms with Gasteiger partial charge in [-0.25, -0.2) is 4.79 Å². The van der Waals surface area contributed by atoms with Crippen molar-refractivity contribution in [1.82, 2.24) is 5.32 Å². The molecule has 0 bridgehead atoms. The van der Waals surface area contributed by atoms with E-state index in [9.17, 15) is 9.90 Å². The zero-order chi connectivity index (χ0) is 11.3. The molecule has 0 unspecified atom stereocenters. The molecule has 0 heterocycles. The summed E-state index contributed by atoms with van der Waals surface area (Å²) in [4.78, 5) is 10.0. The molecule has 6 N–H and O–H groups in total. The van der Waals surface area contributed by atoms with Crippen LogP contribution in [-0.2, 0) is 0 Å². The third-order valence-corrected chi connectivity index (χ3v) is 1.70. The van der Waals surface area contributed by atoms with E-state index in [0.717, 1.165) is 0 Å². The van der Waals surface area contributed by atoms with Gasteiger partial charge < -0.3 is 30.8 Å². The Hall–Kier alpha value is -0.890. The Morgan fingerprint density at radius 1 is 1.21 bits per heavy atom. The van der Waals surface area contributed by atoms with E-state index < -0.39 is 37.1 Å². The van der Waals surface area contributed by atoms with Crippen LogP contribution in [0.3, 0.4) is 0 Å². The first kappa shape index (κ1) is 13.1. The molecule has 0 aromatic rings. The molecule has 0 fully saturated rings. The molecule has 0 aromatic carbocycles. The minimum Gasteiger partial charge on any atom is -0.465 e. The lowest BCUT2D eigenvalue weighted by Gasteiger charge is -2.24. The van der Waals surface area contributed by atoms with Crippen molar-refractivity contribution in [2.75, 3.05) is 6.54 Å². The van der Waals surface area contributed by atoms with E-state index in [1.54, 1.807) is 0 Å². The fourth-order valence-electron chi connectivity index (χ4n) is 0.826. The third-order valence-electron chi connectivity index (χ3n) is 1.70. The Morgan fingerprint density at radius 3 is 2.07 bits per heavy atom. The first-order valence-corrected chi connectivity index (χ1v) is 4.05. The van der Waals surface area contributed by atoms with Crippen molar-refractivity contribution >= 4 is 6.09 Å². The van der Waals surface area contributed by atoms with Crippen LogP contribution in [0.5, 0.6) is 0 Å². The molecule has 4 atom stereocenters. The lowest BCUT2D eigenvalue weighted by Crippen LogP contribution is -2.47. The largest absolute Gasteiger partial charge is 0.465 e. The van der Waals surface area contributed by atoms with Gasteiger partial charge in [0.1, 0.15) is 12.2 Å². The van der Waals surface area contributed by atoms with Crippen molar-refractivity contribution in [2.45, 2.75) is 31.3 Å². The molecule has 7 nitrogen and oxygen atoms in total. The van der Waals surface area contributed by atoms with Crippen molar-refractivity contribution in [3.63, 3.8) is 0 Å². The normalized spacial score (nSPS) is 19.5. The van der Waals surface area contributed by atoms with Gasteiger partial charge in [0, 0.05) is 6.54 Å². The molecule has 0 rings (SSSR count). The van der Waals surface area contributed by atoms with E-state index in [1.165, 1.54) is 6.92 Å². The SMILES string of the molecule is C[C@H](O)[C@H](O)[C@@H](O)[C@@H](O)CNC(=O)O. The van der Waals surface area contributed by atoms with Gasteiger partial charge >= 0.3 is 6.09 Å². The van der Waals surface area contributed by atoms with Gasteiger partial charge in [-0.15, -0.1) is 0 Å². The van der Waals surface area contributed by atoms with E-state index in [2.05, 4.69) is 0 Å². The minimum absolute atomic E-state index is 0.416. The maximum Gasteiger partial charge on any atom is 0.404 e. The fraction of sp³-hybridized carbons (Fsp3) is 0.857. The molecule has 1 amide bonds. The van der Waals surface area contributed by atoms with Crippen molar-refractivity contribution in [2.24, 2.45) is 0 Å². The second-order valence-electron chi connectivity index (χ2n) is 2.98. The highest BCUT2D eigenvalue weighted by molar-refractivity contribution is 5.64. The average molecular weight is 209 g/mol. The van der Waals surface area contributed by atoms with Crippen molar-refractivity contribution < 1.29 is 30.3 Å². The van der Waals surface area contributed by atoms with Crippen molar-refractivity contribution in [3.8, 4) is 0 Å². The molecule has 7 heteroatoms. The summed E-state index contributed by atoms with van der Waals surface area (Å²) in [6.07, 6.45) is -7.12. The first-order valence-electron chi connectivity index (χ1n) is 4.05. The molecule has 0 aromatic heterocycles. The molecule has 14 heavy (non-hydrogen) atoms. The van der Waals surface area contributed by atoms with Crippen LogP contribution in [0.2, 0.25) is 0 Å². The Balaban J connectivity index is 3.98. The number of rotatable bonds is 5. The minimum atomic E-state index is -1.60. The fourth-order valence-corrected chi connectivity index (χ4v) is 0.826. The summed E-state index contributed by atoms with van der Waals surface area (Å²) < 4.78 is 0. The number of hydrogen-bond acceptors (Lipinski definition) is 5. The maximum atomic E-state index is 10.0. The predicted octanol–water partition coefficient (Wildman–Crippen LogP) is -2.28. The van der Waals surface area contributed by atoms with Crippen LogP contribution in [0.4, 0.5) is 4.79 Å². The molecule has 0 radical (unpaired) electrons. The number of carbonyl (C=O) groups is 1. The molecule has 0 aliphatic rings.